The molecule has 0 spiro atoms. The molecule has 0 aliphatic carbocycles. The maximum atomic E-state index is 11.3. The van der Waals surface area contributed by atoms with Crippen molar-refractivity contribution in [2.45, 2.75) is 45.6 Å². The van der Waals surface area contributed by atoms with Gasteiger partial charge >= 0.3 is 5.82 Å². The van der Waals surface area contributed by atoms with Crippen molar-refractivity contribution in [1.82, 2.24) is 14.7 Å². The Bertz CT molecular complexity index is 578. The first-order valence-corrected chi connectivity index (χ1v) is 7.87. The van der Waals surface area contributed by atoms with Crippen LogP contribution in [-0.4, -0.2) is 26.9 Å². The Kier molecular flexibility index (Phi) is 5.08. The number of rotatable bonds is 8. The van der Waals surface area contributed by atoms with Gasteiger partial charge in [-0.3, -0.25) is 0 Å². The molecular weight excluding hydrogens is 276 g/mol. The lowest BCUT2D eigenvalue weighted by molar-refractivity contribution is -0.391. The molecule has 0 aromatic carbocycles. The van der Waals surface area contributed by atoms with Gasteiger partial charge in [-0.1, -0.05) is 31.6 Å². The second-order valence-corrected chi connectivity index (χ2v) is 5.71. The van der Waals surface area contributed by atoms with Crippen molar-refractivity contribution in [3.63, 3.8) is 0 Å². The number of fused-ring (bicyclic) bond motifs is 1. The predicted molar refractivity (Wildman–Crippen MR) is 80.4 cm³/mol. The highest BCUT2D eigenvalue weighted by Crippen LogP contribution is 2.25. The molecule has 0 radical (unpaired) electrons. The van der Waals surface area contributed by atoms with Crippen LogP contribution in [0.25, 0.3) is 4.96 Å². The molecule has 0 saturated heterocycles. The summed E-state index contributed by atoms with van der Waals surface area (Å²) in [6, 6.07) is 0.253. The Hall–Kier alpha value is -1.47. The van der Waals surface area contributed by atoms with E-state index >= 15 is 0 Å². The van der Waals surface area contributed by atoms with Crippen LogP contribution >= 0.6 is 11.3 Å². The summed E-state index contributed by atoms with van der Waals surface area (Å²) in [6.45, 7) is 5.17. The fraction of sp³-hybridized carbons (Fsp3) is 0.615. The van der Waals surface area contributed by atoms with Gasteiger partial charge in [0.05, 0.1) is 0 Å². The SMILES string of the molecule is CCCNC(CCC)Cc1nc2sccn2c1[N+](=O)[O-]. The average Bonchev–Trinajstić information content (AvgIpc) is 2.95. The molecule has 0 amide bonds. The zero-order chi connectivity index (χ0) is 14.5. The summed E-state index contributed by atoms with van der Waals surface area (Å²) < 4.78 is 1.57. The quantitative estimate of drug-likeness (QED) is 0.600. The molecule has 0 aliphatic rings. The minimum absolute atomic E-state index is 0.112. The first-order chi connectivity index (χ1) is 9.67. The van der Waals surface area contributed by atoms with Gasteiger partial charge in [0, 0.05) is 17.8 Å². The minimum atomic E-state index is -0.328. The molecule has 2 aromatic heterocycles. The number of aromatic nitrogens is 2. The van der Waals surface area contributed by atoms with Crippen LogP contribution < -0.4 is 5.32 Å². The number of thiazole rings is 1. The standard InChI is InChI=1S/C13H20N4O2S/c1-3-5-10(14-6-4-2)9-11-12(17(18)19)16-7-8-20-13(16)15-11/h7-8,10,14H,3-6,9H2,1-2H3. The third kappa shape index (κ3) is 3.16. The fourth-order valence-electron chi connectivity index (χ4n) is 2.36. The van der Waals surface area contributed by atoms with Crippen molar-refractivity contribution >= 4 is 22.1 Å². The Morgan fingerprint density at radius 1 is 1.50 bits per heavy atom. The maximum absolute atomic E-state index is 11.3. The zero-order valence-corrected chi connectivity index (χ0v) is 12.7. The lowest BCUT2D eigenvalue weighted by Gasteiger charge is -2.16. The summed E-state index contributed by atoms with van der Waals surface area (Å²) in [7, 11) is 0. The summed E-state index contributed by atoms with van der Waals surface area (Å²) in [5.74, 6) is 0.112. The Morgan fingerprint density at radius 3 is 2.95 bits per heavy atom. The van der Waals surface area contributed by atoms with Gasteiger partial charge in [0.25, 0.3) is 4.96 Å². The van der Waals surface area contributed by atoms with E-state index in [0.29, 0.717) is 17.1 Å². The number of hydrogen-bond acceptors (Lipinski definition) is 5. The summed E-state index contributed by atoms with van der Waals surface area (Å²) in [6.07, 6.45) is 5.43. The van der Waals surface area contributed by atoms with E-state index in [-0.39, 0.29) is 16.8 Å². The Labute approximate surface area is 122 Å². The normalized spacial score (nSPS) is 12.9. The van der Waals surface area contributed by atoms with Crippen molar-refractivity contribution in [2.75, 3.05) is 6.54 Å². The van der Waals surface area contributed by atoms with E-state index in [1.54, 1.807) is 10.6 Å². The van der Waals surface area contributed by atoms with Crippen LogP contribution in [0.1, 0.15) is 38.8 Å². The van der Waals surface area contributed by atoms with Crippen LogP contribution in [0.3, 0.4) is 0 Å². The molecule has 0 saturated carbocycles. The van der Waals surface area contributed by atoms with Gasteiger partial charge in [-0.25, -0.2) is 0 Å². The third-order valence-corrected chi connectivity index (χ3v) is 4.00. The van der Waals surface area contributed by atoms with E-state index in [1.165, 1.54) is 11.3 Å². The second kappa shape index (κ2) is 6.81. The third-order valence-electron chi connectivity index (χ3n) is 3.24. The fourth-order valence-corrected chi connectivity index (χ4v) is 3.08. The van der Waals surface area contributed by atoms with Crippen molar-refractivity contribution in [3.05, 3.63) is 27.4 Å². The maximum Gasteiger partial charge on any atom is 0.351 e. The van der Waals surface area contributed by atoms with Crippen LogP contribution in [-0.2, 0) is 6.42 Å². The molecule has 0 bridgehead atoms. The molecule has 110 valence electrons. The van der Waals surface area contributed by atoms with E-state index in [4.69, 9.17) is 0 Å². The average molecular weight is 296 g/mol. The first-order valence-electron chi connectivity index (χ1n) is 6.99. The van der Waals surface area contributed by atoms with E-state index in [9.17, 15) is 10.1 Å². The Morgan fingerprint density at radius 2 is 2.30 bits per heavy atom. The van der Waals surface area contributed by atoms with Gasteiger partial charge in [0.2, 0.25) is 0 Å². The molecule has 2 rings (SSSR count). The van der Waals surface area contributed by atoms with Crippen molar-refractivity contribution < 1.29 is 4.92 Å². The predicted octanol–water partition coefficient (Wildman–Crippen LogP) is 3.01. The van der Waals surface area contributed by atoms with Gasteiger partial charge in [0.15, 0.2) is 0 Å². The molecule has 6 nitrogen and oxygen atoms in total. The summed E-state index contributed by atoms with van der Waals surface area (Å²) in [4.78, 5) is 16.1. The van der Waals surface area contributed by atoms with Crippen molar-refractivity contribution in [1.29, 1.82) is 0 Å². The highest BCUT2D eigenvalue weighted by Gasteiger charge is 2.25. The lowest BCUT2D eigenvalue weighted by Crippen LogP contribution is -2.32. The second-order valence-electron chi connectivity index (χ2n) is 4.84. The lowest BCUT2D eigenvalue weighted by atomic mass is 10.1. The van der Waals surface area contributed by atoms with Crippen molar-refractivity contribution in [2.24, 2.45) is 0 Å². The monoisotopic (exact) mass is 296 g/mol. The van der Waals surface area contributed by atoms with Gasteiger partial charge < -0.3 is 15.4 Å². The van der Waals surface area contributed by atoms with Crippen LogP contribution in [0, 0.1) is 10.1 Å². The Balaban J connectivity index is 2.24. The summed E-state index contributed by atoms with van der Waals surface area (Å²) in [5, 5.41) is 16.5. The first kappa shape index (κ1) is 14.9. The number of nitrogens with zero attached hydrogens (tertiary/aromatic N) is 3. The highest BCUT2D eigenvalue weighted by molar-refractivity contribution is 7.15. The molecule has 1 N–H and O–H groups in total. The molecule has 1 unspecified atom stereocenters. The number of nitrogens with one attached hydrogen (secondary N) is 1. The van der Waals surface area contributed by atoms with Crippen LogP contribution in [0.15, 0.2) is 11.6 Å². The van der Waals surface area contributed by atoms with E-state index in [2.05, 4.69) is 24.1 Å². The summed E-state index contributed by atoms with van der Waals surface area (Å²) in [5.41, 5.74) is 0.587. The molecule has 20 heavy (non-hydrogen) atoms. The van der Waals surface area contributed by atoms with E-state index < -0.39 is 0 Å². The van der Waals surface area contributed by atoms with Gasteiger partial charge in [-0.05, 0) is 24.3 Å². The molecule has 2 heterocycles. The number of hydrogen-bond donors (Lipinski definition) is 1. The van der Waals surface area contributed by atoms with Gasteiger partial charge in [0.1, 0.15) is 11.9 Å². The van der Waals surface area contributed by atoms with Crippen LogP contribution in [0.2, 0.25) is 0 Å². The smallest absolute Gasteiger partial charge is 0.351 e. The van der Waals surface area contributed by atoms with Gasteiger partial charge in [-0.2, -0.15) is 9.38 Å². The minimum Gasteiger partial charge on any atom is -0.358 e. The molecular formula is C13H20N4O2S. The van der Waals surface area contributed by atoms with Gasteiger partial charge in [-0.15, -0.1) is 0 Å². The molecule has 0 fully saturated rings. The van der Waals surface area contributed by atoms with Crippen molar-refractivity contribution in [3.8, 4) is 0 Å². The molecule has 0 aliphatic heterocycles. The highest BCUT2D eigenvalue weighted by atomic mass is 32.1. The van der Waals surface area contributed by atoms with Crippen LogP contribution in [0.4, 0.5) is 5.82 Å². The summed E-state index contributed by atoms with van der Waals surface area (Å²) >= 11 is 1.43. The number of imidazole rings is 1. The topological polar surface area (TPSA) is 72.5 Å². The van der Waals surface area contributed by atoms with E-state index in [0.717, 1.165) is 25.8 Å². The molecule has 2 aromatic rings. The number of nitro groups is 1. The van der Waals surface area contributed by atoms with Crippen LogP contribution in [0.5, 0.6) is 0 Å². The largest absolute Gasteiger partial charge is 0.358 e. The zero-order valence-electron chi connectivity index (χ0n) is 11.8. The van der Waals surface area contributed by atoms with E-state index in [1.807, 2.05) is 5.38 Å². The molecule has 1 atom stereocenters. The molecule has 7 heteroatoms.